The second-order valence-corrected chi connectivity index (χ2v) is 5.34. The highest BCUT2D eigenvalue weighted by atomic mass is 35.5. The second-order valence-electron chi connectivity index (χ2n) is 4.96. The number of aromatic amines is 1. The van der Waals surface area contributed by atoms with Crippen LogP contribution in [0, 0.1) is 18.3 Å². The van der Waals surface area contributed by atoms with E-state index in [0.29, 0.717) is 12.1 Å². The maximum atomic E-state index is 8.97. The molecule has 0 spiro atoms. The Bertz CT molecular complexity index is 843. The summed E-state index contributed by atoms with van der Waals surface area (Å²) < 4.78 is 0. The number of aryl methyl sites for hydroxylation is 1. The van der Waals surface area contributed by atoms with Crippen molar-refractivity contribution in [2.24, 2.45) is 0 Å². The Hall–Kier alpha value is -2.44. The summed E-state index contributed by atoms with van der Waals surface area (Å²) in [5.41, 5.74) is 4.66. The molecule has 21 heavy (non-hydrogen) atoms. The van der Waals surface area contributed by atoms with Crippen LogP contribution in [0.15, 0.2) is 42.5 Å². The van der Waals surface area contributed by atoms with Gasteiger partial charge in [0, 0.05) is 16.6 Å². The van der Waals surface area contributed by atoms with Crippen molar-refractivity contribution in [3.05, 3.63) is 64.3 Å². The number of anilines is 1. The Morgan fingerprint density at radius 2 is 2.05 bits per heavy atom. The number of fused-ring (bicyclic) bond motifs is 1. The zero-order valence-electron chi connectivity index (χ0n) is 11.6. The molecule has 1 aromatic heterocycles. The van der Waals surface area contributed by atoms with E-state index in [1.165, 1.54) is 0 Å². The van der Waals surface area contributed by atoms with Crippen LogP contribution in [0.5, 0.6) is 0 Å². The first-order valence-electron chi connectivity index (χ1n) is 6.69. The molecule has 3 nitrogen and oxygen atoms in total. The van der Waals surface area contributed by atoms with Gasteiger partial charge in [-0.3, -0.25) is 0 Å². The number of H-pyrrole nitrogens is 1. The summed E-state index contributed by atoms with van der Waals surface area (Å²) in [6, 6.07) is 15.7. The van der Waals surface area contributed by atoms with Crippen LogP contribution in [0.25, 0.3) is 10.9 Å². The van der Waals surface area contributed by atoms with Crippen molar-refractivity contribution in [2.45, 2.75) is 13.5 Å². The number of para-hydroxylation sites is 1. The first-order valence-corrected chi connectivity index (χ1v) is 7.06. The van der Waals surface area contributed by atoms with Crippen LogP contribution in [-0.4, -0.2) is 4.98 Å². The van der Waals surface area contributed by atoms with Crippen molar-refractivity contribution in [2.75, 3.05) is 5.32 Å². The van der Waals surface area contributed by atoms with Crippen LogP contribution >= 0.6 is 11.6 Å². The molecule has 0 fully saturated rings. The summed E-state index contributed by atoms with van der Waals surface area (Å²) in [5.74, 6) is 0. The SMILES string of the molecule is Cc1ccc(C#N)cc1NCc1[nH]c2ccccc2c1Cl. The summed E-state index contributed by atoms with van der Waals surface area (Å²) in [6.45, 7) is 2.60. The number of nitrogens with zero attached hydrogens (tertiary/aromatic N) is 1. The van der Waals surface area contributed by atoms with E-state index >= 15 is 0 Å². The van der Waals surface area contributed by atoms with Crippen molar-refractivity contribution in [1.29, 1.82) is 5.26 Å². The van der Waals surface area contributed by atoms with Gasteiger partial charge in [0.2, 0.25) is 0 Å². The molecule has 0 bridgehead atoms. The monoisotopic (exact) mass is 295 g/mol. The number of rotatable bonds is 3. The van der Waals surface area contributed by atoms with Gasteiger partial charge in [-0.15, -0.1) is 0 Å². The normalized spacial score (nSPS) is 10.5. The molecule has 0 atom stereocenters. The lowest BCUT2D eigenvalue weighted by Crippen LogP contribution is -2.02. The van der Waals surface area contributed by atoms with Gasteiger partial charge < -0.3 is 10.3 Å². The number of aromatic nitrogens is 1. The first-order chi connectivity index (χ1) is 10.2. The van der Waals surface area contributed by atoms with Crippen LogP contribution in [-0.2, 0) is 6.54 Å². The predicted octanol–water partition coefficient (Wildman–Crippen LogP) is 4.61. The van der Waals surface area contributed by atoms with Gasteiger partial charge in [-0.25, -0.2) is 0 Å². The molecule has 0 amide bonds. The largest absolute Gasteiger partial charge is 0.379 e. The Labute approximate surface area is 128 Å². The summed E-state index contributed by atoms with van der Waals surface area (Å²) >= 11 is 6.40. The molecule has 3 aromatic rings. The summed E-state index contributed by atoms with van der Waals surface area (Å²) in [4.78, 5) is 3.32. The standard InChI is InChI=1S/C17H14ClN3/c1-11-6-7-12(9-19)8-15(11)20-10-16-17(18)13-4-2-3-5-14(13)21-16/h2-8,20-21H,10H2,1H3. The molecule has 0 saturated heterocycles. The fourth-order valence-electron chi connectivity index (χ4n) is 2.35. The number of benzene rings is 2. The lowest BCUT2D eigenvalue weighted by molar-refractivity contribution is 1.08. The highest BCUT2D eigenvalue weighted by Crippen LogP contribution is 2.28. The van der Waals surface area contributed by atoms with E-state index in [9.17, 15) is 0 Å². The van der Waals surface area contributed by atoms with Crippen LogP contribution in [0.1, 0.15) is 16.8 Å². The molecule has 2 aromatic carbocycles. The van der Waals surface area contributed by atoms with Crippen LogP contribution in [0.2, 0.25) is 5.02 Å². The lowest BCUT2D eigenvalue weighted by atomic mass is 10.1. The number of nitrogens with one attached hydrogen (secondary N) is 2. The van der Waals surface area contributed by atoms with Gasteiger partial charge in [-0.05, 0) is 30.7 Å². The van der Waals surface area contributed by atoms with Crippen LogP contribution in [0.3, 0.4) is 0 Å². The molecule has 0 saturated carbocycles. The van der Waals surface area contributed by atoms with E-state index in [1.54, 1.807) is 0 Å². The van der Waals surface area contributed by atoms with Gasteiger partial charge in [0.05, 0.1) is 28.9 Å². The minimum absolute atomic E-state index is 0.587. The Morgan fingerprint density at radius 3 is 2.81 bits per heavy atom. The molecule has 1 heterocycles. The Morgan fingerprint density at radius 1 is 1.24 bits per heavy atom. The third kappa shape index (κ3) is 2.58. The third-order valence-corrected chi connectivity index (χ3v) is 3.97. The van der Waals surface area contributed by atoms with Gasteiger partial charge in [-0.2, -0.15) is 5.26 Å². The Kier molecular flexibility index (Phi) is 3.55. The fraction of sp³-hybridized carbons (Fsp3) is 0.118. The molecule has 0 unspecified atom stereocenters. The summed E-state index contributed by atoms with van der Waals surface area (Å²) in [6.07, 6.45) is 0. The van der Waals surface area contributed by atoms with Gasteiger partial charge in [0.25, 0.3) is 0 Å². The maximum Gasteiger partial charge on any atom is 0.0992 e. The van der Waals surface area contributed by atoms with Crippen LogP contribution < -0.4 is 5.32 Å². The number of halogens is 1. The van der Waals surface area contributed by atoms with E-state index in [4.69, 9.17) is 16.9 Å². The molecule has 0 aliphatic carbocycles. The van der Waals surface area contributed by atoms with Gasteiger partial charge >= 0.3 is 0 Å². The molecule has 3 rings (SSSR count). The summed E-state index contributed by atoms with van der Waals surface area (Å²) in [5, 5.41) is 14.1. The first kappa shape index (κ1) is 13.5. The summed E-state index contributed by atoms with van der Waals surface area (Å²) in [7, 11) is 0. The highest BCUT2D eigenvalue weighted by molar-refractivity contribution is 6.36. The van der Waals surface area contributed by atoms with E-state index in [-0.39, 0.29) is 0 Å². The molecular formula is C17H14ClN3. The highest BCUT2D eigenvalue weighted by Gasteiger charge is 2.09. The van der Waals surface area contributed by atoms with Gasteiger partial charge in [0.1, 0.15) is 0 Å². The van der Waals surface area contributed by atoms with Crippen molar-refractivity contribution < 1.29 is 0 Å². The third-order valence-electron chi connectivity index (χ3n) is 3.54. The molecular weight excluding hydrogens is 282 g/mol. The van der Waals surface area contributed by atoms with Crippen LogP contribution in [0.4, 0.5) is 5.69 Å². The molecule has 0 aliphatic rings. The number of hydrogen-bond acceptors (Lipinski definition) is 2. The molecule has 104 valence electrons. The maximum absolute atomic E-state index is 8.97. The van der Waals surface area contributed by atoms with E-state index < -0.39 is 0 Å². The predicted molar refractivity (Wildman–Crippen MR) is 86.5 cm³/mol. The van der Waals surface area contributed by atoms with E-state index in [1.807, 2.05) is 49.4 Å². The topological polar surface area (TPSA) is 51.6 Å². The van der Waals surface area contributed by atoms with Crippen molar-refractivity contribution in [3.8, 4) is 6.07 Å². The lowest BCUT2D eigenvalue weighted by Gasteiger charge is -2.09. The molecule has 0 radical (unpaired) electrons. The smallest absolute Gasteiger partial charge is 0.0992 e. The molecule has 4 heteroatoms. The average Bonchev–Trinajstić information content (AvgIpc) is 2.83. The average molecular weight is 296 g/mol. The fourth-order valence-corrected chi connectivity index (χ4v) is 2.63. The second kappa shape index (κ2) is 5.51. The minimum Gasteiger partial charge on any atom is -0.379 e. The quantitative estimate of drug-likeness (QED) is 0.741. The minimum atomic E-state index is 0.587. The van der Waals surface area contributed by atoms with Gasteiger partial charge in [-0.1, -0.05) is 35.9 Å². The molecule has 2 N–H and O–H groups in total. The van der Waals surface area contributed by atoms with Crippen molar-refractivity contribution >= 4 is 28.2 Å². The van der Waals surface area contributed by atoms with Gasteiger partial charge in [0.15, 0.2) is 0 Å². The van der Waals surface area contributed by atoms with Crippen molar-refractivity contribution in [3.63, 3.8) is 0 Å². The molecule has 0 aliphatic heterocycles. The van der Waals surface area contributed by atoms with E-state index in [2.05, 4.69) is 16.4 Å². The number of hydrogen-bond donors (Lipinski definition) is 2. The zero-order valence-corrected chi connectivity index (χ0v) is 12.3. The zero-order chi connectivity index (χ0) is 14.8. The van der Waals surface area contributed by atoms with E-state index in [0.717, 1.165) is 32.9 Å². The Balaban J connectivity index is 1.87. The van der Waals surface area contributed by atoms with Crippen molar-refractivity contribution in [1.82, 2.24) is 4.98 Å². The number of nitriles is 1.